The van der Waals surface area contributed by atoms with Gasteiger partial charge < -0.3 is 19.8 Å². The molecule has 0 aliphatic heterocycles. The van der Waals surface area contributed by atoms with Crippen molar-refractivity contribution in [3.8, 4) is 5.75 Å². The third kappa shape index (κ3) is 3.71. The number of H-pyrrole nitrogens is 1. The number of carbonyl (C=O) groups excluding carboxylic acids is 3. The Hall–Kier alpha value is -3.09. The maximum atomic E-state index is 12.5. The number of amides is 1. The monoisotopic (exact) mass is 344 g/mol. The van der Waals surface area contributed by atoms with E-state index in [2.05, 4.69) is 10.3 Å². The van der Waals surface area contributed by atoms with Gasteiger partial charge in [0, 0.05) is 12.7 Å². The maximum absolute atomic E-state index is 12.5. The average molecular weight is 344 g/mol. The number of aryl methyl sites for hydroxylation is 1. The highest BCUT2D eigenvalue weighted by Crippen LogP contribution is 2.21. The minimum absolute atomic E-state index is 0.268. The van der Waals surface area contributed by atoms with E-state index in [1.807, 2.05) is 0 Å². The number of benzene rings is 1. The summed E-state index contributed by atoms with van der Waals surface area (Å²) in [4.78, 5) is 39.0. The fourth-order valence-electron chi connectivity index (χ4n) is 2.57. The molecular weight excluding hydrogens is 324 g/mol. The molecule has 2 aromatic rings. The minimum atomic E-state index is -0.504. The largest absolute Gasteiger partial charge is 0.485 e. The van der Waals surface area contributed by atoms with Gasteiger partial charge in [0.05, 0.1) is 23.9 Å². The van der Waals surface area contributed by atoms with Crippen molar-refractivity contribution in [3.05, 3.63) is 52.3 Å². The van der Waals surface area contributed by atoms with Crippen molar-refractivity contribution in [2.75, 3.05) is 20.8 Å². The SMILES string of the molecule is CNC(=O)c1ccccc1OCC(=O)c1[nH]c(C)c(C(=O)OC)c1C. The topological polar surface area (TPSA) is 97.5 Å². The minimum Gasteiger partial charge on any atom is -0.485 e. The van der Waals surface area contributed by atoms with Gasteiger partial charge in [-0.3, -0.25) is 9.59 Å². The van der Waals surface area contributed by atoms with Gasteiger partial charge in [-0.1, -0.05) is 12.1 Å². The second-order valence-electron chi connectivity index (χ2n) is 5.40. The number of aromatic amines is 1. The molecule has 0 aliphatic rings. The van der Waals surface area contributed by atoms with Gasteiger partial charge in [-0.2, -0.15) is 0 Å². The molecule has 0 saturated carbocycles. The van der Waals surface area contributed by atoms with Gasteiger partial charge in [0.15, 0.2) is 6.61 Å². The molecule has 7 nitrogen and oxygen atoms in total. The molecule has 0 spiro atoms. The van der Waals surface area contributed by atoms with Crippen LogP contribution in [0.3, 0.4) is 0 Å². The van der Waals surface area contributed by atoms with Gasteiger partial charge in [-0.25, -0.2) is 4.79 Å². The Balaban J connectivity index is 2.20. The number of ketones is 1. The second kappa shape index (κ2) is 7.65. The van der Waals surface area contributed by atoms with Crippen molar-refractivity contribution in [1.82, 2.24) is 10.3 Å². The summed E-state index contributed by atoms with van der Waals surface area (Å²) in [5.41, 5.74) is 2.04. The smallest absolute Gasteiger partial charge is 0.339 e. The van der Waals surface area contributed by atoms with Gasteiger partial charge >= 0.3 is 5.97 Å². The number of hydrogen-bond acceptors (Lipinski definition) is 5. The quantitative estimate of drug-likeness (QED) is 0.617. The van der Waals surface area contributed by atoms with E-state index in [4.69, 9.17) is 9.47 Å². The highest BCUT2D eigenvalue weighted by Gasteiger charge is 2.23. The Kier molecular flexibility index (Phi) is 5.59. The number of rotatable bonds is 6. The van der Waals surface area contributed by atoms with E-state index < -0.39 is 5.97 Å². The van der Waals surface area contributed by atoms with E-state index in [1.165, 1.54) is 14.2 Å². The van der Waals surface area contributed by atoms with Crippen molar-refractivity contribution >= 4 is 17.7 Å². The molecule has 1 heterocycles. The molecule has 0 aliphatic carbocycles. The lowest BCUT2D eigenvalue weighted by Gasteiger charge is -2.10. The Morgan fingerprint density at radius 2 is 1.84 bits per heavy atom. The first kappa shape index (κ1) is 18.3. The van der Waals surface area contributed by atoms with Gasteiger partial charge in [0.25, 0.3) is 5.91 Å². The molecule has 0 fully saturated rings. The van der Waals surface area contributed by atoms with Crippen LogP contribution in [0.5, 0.6) is 5.75 Å². The van der Waals surface area contributed by atoms with Gasteiger partial charge in [0.1, 0.15) is 5.75 Å². The van der Waals surface area contributed by atoms with E-state index in [-0.39, 0.29) is 24.0 Å². The third-order valence-corrected chi connectivity index (χ3v) is 3.82. The number of carbonyl (C=O) groups is 3. The van der Waals surface area contributed by atoms with Gasteiger partial charge in [-0.05, 0) is 31.5 Å². The van der Waals surface area contributed by atoms with Crippen LogP contribution in [0.1, 0.15) is 42.5 Å². The first-order chi connectivity index (χ1) is 11.9. The molecule has 1 aromatic carbocycles. The molecule has 1 aromatic heterocycles. The van der Waals surface area contributed by atoms with E-state index in [9.17, 15) is 14.4 Å². The fraction of sp³-hybridized carbons (Fsp3) is 0.278. The van der Waals surface area contributed by atoms with Crippen LogP contribution in [0.25, 0.3) is 0 Å². The van der Waals surface area contributed by atoms with E-state index in [1.54, 1.807) is 38.1 Å². The van der Waals surface area contributed by atoms with Crippen LogP contribution < -0.4 is 10.1 Å². The number of methoxy groups -OCH3 is 1. The summed E-state index contributed by atoms with van der Waals surface area (Å²) in [6, 6.07) is 6.65. The predicted molar refractivity (Wildman–Crippen MR) is 91.3 cm³/mol. The number of ether oxygens (including phenoxy) is 2. The van der Waals surface area contributed by atoms with Gasteiger partial charge in [-0.15, -0.1) is 0 Å². The fourth-order valence-corrected chi connectivity index (χ4v) is 2.57. The molecule has 0 saturated heterocycles. The molecule has 1 amide bonds. The lowest BCUT2D eigenvalue weighted by molar-refractivity contribution is 0.0599. The summed E-state index contributed by atoms with van der Waals surface area (Å²) in [5.74, 6) is -0.828. The summed E-state index contributed by atoms with van der Waals surface area (Å²) in [6.45, 7) is 3.09. The van der Waals surface area contributed by atoms with Crippen molar-refractivity contribution in [2.24, 2.45) is 0 Å². The van der Waals surface area contributed by atoms with Crippen LogP contribution in [0.15, 0.2) is 24.3 Å². The Morgan fingerprint density at radius 3 is 2.48 bits per heavy atom. The standard InChI is InChI=1S/C18H20N2O5/c1-10-15(18(23)24-4)11(2)20-16(10)13(21)9-25-14-8-6-5-7-12(14)17(22)19-3/h5-8,20H,9H2,1-4H3,(H,19,22). The Morgan fingerprint density at radius 1 is 1.16 bits per heavy atom. The summed E-state index contributed by atoms with van der Waals surface area (Å²) >= 11 is 0. The van der Waals surface area contributed by atoms with Gasteiger partial charge in [0.2, 0.25) is 5.78 Å². The molecule has 132 valence electrons. The summed E-state index contributed by atoms with van der Waals surface area (Å²) in [6.07, 6.45) is 0. The van der Waals surface area contributed by atoms with Crippen LogP contribution in [0.2, 0.25) is 0 Å². The van der Waals surface area contributed by atoms with Crippen molar-refractivity contribution in [3.63, 3.8) is 0 Å². The lowest BCUT2D eigenvalue weighted by atomic mass is 10.1. The van der Waals surface area contributed by atoms with Crippen LogP contribution in [-0.4, -0.2) is 43.4 Å². The predicted octanol–water partition coefficient (Wildman–Crippen LogP) is 2.04. The zero-order valence-electron chi connectivity index (χ0n) is 14.6. The van der Waals surface area contributed by atoms with Crippen molar-refractivity contribution in [1.29, 1.82) is 0 Å². The van der Waals surface area contributed by atoms with Crippen LogP contribution in [0, 0.1) is 13.8 Å². The zero-order chi connectivity index (χ0) is 18.6. The number of aromatic nitrogens is 1. The summed E-state index contributed by atoms with van der Waals surface area (Å²) < 4.78 is 10.2. The molecule has 0 radical (unpaired) electrons. The molecule has 0 unspecified atom stereocenters. The van der Waals surface area contributed by atoms with Crippen molar-refractivity contribution in [2.45, 2.75) is 13.8 Å². The maximum Gasteiger partial charge on any atom is 0.339 e. The first-order valence-electron chi connectivity index (χ1n) is 7.65. The molecule has 0 bridgehead atoms. The Bertz CT molecular complexity index is 823. The normalized spacial score (nSPS) is 10.2. The summed E-state index contributed by atoms with van der Waals surface area (Å²) in [7, 11) is 2.80. The number of esters is 1. The number of nitrogens with one attached hydrogen (secondary N) is 2. The lowest BCUT2D eigenvalue weighted by Crippen LogP contribution is -2.20. The van der Waals surface area contributed by atoms with E-state index >= 15 is 0 Å². The summed E-state index contributed by atoms with van der Waals surface area (Å²) in [5, 5.41) is 2.52. The zero-order valence-corrected chi connectivity index (χ0v) is 14.6. The highest BCUT2D eigenvalue weighted by molar-refractivity contribution is 6.02. The third-order valence-electron chi connectivity index (χ3n) is 3.82. The first-order valence-corrected chi connectivity index (χ1v) is 7.65. The molecular formula is C18H20N2O5. The molecule has 2 N–H and O–H groups in total. The molecule has 25 heavy (non-hydrogen) atoms. The van der Waals surface area contributed by atoms with Crippen LogP contribution >= 0.6 is 0 Å². The molecule has 2 rings (SSSR count). The number of para-hydroxylation sites is 1. The average Bonchev–Trinajstić information content (AvgIpc) is 2.93. The second-order valence-corrected chi connectivity index (χ2v) is 5.40. The van der Waals surface area contributed by atoms with Crippen molar-refractivity contribution < 1.29 is 23.9 Å². The number of hydrogen-bond donors (Lipinski definition) is 2. The van der Waals surface area contributed by atoms with E-state index in [0.29, 0.717) is 28.1 Å². The van der Waals surface area contributed by atoms with Crippen LogP contribution in [0.4, 0.5) is 0 Å². The molecule has 0 atom stereocenters. The highest BCUT2D eigenvalue weighted by atomic mass is 16.5. The number of Topliss-reactive ketones (excluding diaryl/α,β-unsaturated/α-hetero) is 1. The van der Waals surface area contributed by atoms with E-state index in [0.717, 1.165) is 0 Å². The van der Waals surface area contributed by atoms with Crippen LogP contribution in [-0.2, 0) is 4.74 Å². The Labute approximate surface area is 145 Å². The molecule has 7 heteroatoms.